The number of thiophene rings is 1. The van der Waals surface area contributed by atoms with Crippen LogP contribution in [0.3, 0.4) is 0 Å². The van der Waals surface area contributed by atoms with Crippen LogP contribution >= 0.6 is 11.3 Å². The molecule has 1 amide bonds. The summed E-state index contributed by atoms with van der Waals surface area (Å²) in [5, 5.41) is 0. The fourth-order valence-electron chi connectivity index (χ4n) is 8.27. The molecule has 3 atom stereocenters. The normalized spacial score (nSPS) is 26.5. The van der Waals surface area contributed by atoms with Gasteiger partial charge in [0.15, 0.2) is 0 Å². The van der Waals surface area contributed by atoms with E-state index in [1.807, 2.05) is 16.2 Å². The third-order valence-electron chi connectivity index (χ3n) is 10.3. The number of imidazole rings is 1. The van der Waals surface area contributed by atoms with E-state index in [9.17, 15) is 9.59 Å². The number of aryl methyl sites for hydroxylation is 2. The van der Waals surface area contributed by atoms with Gasteiger partial charge in [-0.1, -0.05) is 19.3 Å². The van der Waals surface area contributed by atoms with Crippen molar-refractivity contribution in [3.8, 4) is 0 Å². The van der Waals surface area contributed by atoms with E-state index < -0.39 is 0 Å². The van der Waals surface area contributed by atoms with Crippen molar-refractivity contribution in [2.75, 3.05) is 13.1 Å². The van der Waals surface area contributed by atoms with Crippen LogP contribution in [0.4, 0.5) is 0 Å². The summed E-state index contributed by atoms with van der Waals surface area (Å²) < 4.78 is 2.55. The Labute approximate surface area is 238 Å². The van der Waals surface area contributed by atoms with Crippen LogP contribution in [0.5, 0.6) is 0 Å². The molecule has 7 heteroatoms. The molecule has 2 bridgehead atoms. The Hall–Kier alpha value is -1.99. The number of hydrogen-bond acceptors (Lipinski definition) is 5. The second-order valence-electron chi connectivity index (χ2n) is 12.8. The molecule has 1 saturated carbocycles. The largest absolute Gasteiger partial charge is 0.337 e. The van der Waals surface area contributed by atoms with Crippen LogP contribution in [-0.4, -0.2) is 56.2 Å². The van der Waals surface area contributed by atoms with Crippen molar-refractivity contribution in [3.05, 3.63) is 39.1 Å². The smallest absolute Gasteiger partial charge is 0.219 e. The molecule has 2 aromatic rings. The van der Waals surface area contributed by atoms with Crippen molar-refractivity contribution in [3.63, 3.8) is 0 Å². The van der Waals surface area contributed by atoms with Crippen molar-refractivity contribution < 1.29 is 9.59 Å². The monoisotopic (exact) mass is 550 g/mol. The van der Waals surface area contributed by atoms with Crippen LogP contribution < -0.4 is 0 Å². The summed E-state index contributed by atoms with van der Waals surface area (Å²) in [6.45, 7) is 8.58. The molecule has 0 spiro atoms. The number of carbonyl (C=O) groups excluding carboxylic acids is 2. The van der Waals surface area contributed by atoms with Gasteiger partial charge in [0.25, 0.3) is 0 Å². The molecule has 6 nitrogen and oxygen atoms in total. The van der Waals surface area contributed by atoms with E-state index in [4.69, 9.17) is 4.98 Å². The van der Waals surface area contributed by atoms with Crippen molar-refractivity contribution in [2.24, 2.45) is 5.92 Å². The van der Waals surface area contributed by atoms with Crippen LogP contribution in [0.2, 0.25) is 0 Å². The first-order valence-electron chi connectivity index (χ1n) is 15.5. The molecule has 3 fully saturated rings. The van der Waals surface area contributed by atoms with Gasteiger partial charge in [-0.05, 0) is 77.5 Å². The fraction of sp³-hybridized carbons (Fsp3) is 0.719. The first kappa shape index (κ1) is 27.2. The highest BCUT2D eigenvalue weighted by Crippen LogP contribution is 2.43. The minimum Gasteiger partial charge on any atom is -0.337 e. The first-order chi connectivity index (χ1) is 18.9. The zero-order valence-electron chi connectivity index (χ0n) is 24.2. The third kappa shape index (κ3) is 5.63. The molecule has 39 heavy (non-hydrogen) atoms. The maximum absolute atomic E-state index is 13.3. The predicted molar refractivity (Wildman–Crippen MR) is 156 cm³/mol. The summed E-state index contributed by atoms with van der Waals surface area (Å²) in [5.41, 5.74) is 2.48. The molecule has 2 aromatic heterocycles. The summed E-state index contributed by atoms with van der Waals surface area (Å²) >= 11 is 1.90. The topological polar surface area (TPSA) is 58.4 Å². The van der Waals surface area contributed by atoms with E-state index in [-0.39, 0.29) is 5.91 Å². The second-order valence-corrected chi connectivity index (χ2v) is 14.1. The van der Waals surface area contributed by atoms with E-state index in [0.717, 1.165) is 56.7 Å². The summed E-state index contributed by atoms with van der Waals surface area (Å²) in [6.07, 6.45) is 13.7. The molecular formula is C32H46N4O2S. The Morgan fingerprint density at radius 2 is 1.77 bits per heavy atom. The molecule has 0 radical (unpaired) electrons. The van der Waals surface area contributed by atoms with Crippen LogP contribution in [0, 0.1) is 19.8 Å². The Morgan fingerprint density at radius 1 is 1.03 bits per heavy atom. The van der Waals surface area contributed by atoms with Crippen molar-refractivity contribution in [2.45, 2.75) is 128 Å². The van der Waals surface area contributed by atoms with Gasteiger partial charge in [-0.2, -0.15) is 0 Å². The maximum atomic E-state index is 13.3. The molecule has 3 aliphatic heterocycles. The van der Waals surface area contributed by atoms with Gasteiger partial charge in [0, 0.05) is 71.7 Å². The highest BCUT2D eigenvalue weighted by atomic mass is 32.1. The number of piperidine rings is 1. The molecule has 5 heterocycles. The molecular weight excluding hydrogens is 504 g/mol. The summed E-state index contributed by atoms with van der Waals surface area (Å²) in [5.74, 6) is 2.47. The van der Waals surface area contributed by atoms with Gasteiger partial charge in [-0.25, -0.2) is 4.98 Å². The highest BCUT2D eigenvalue weighted by molar-refractivity contribution is 7.12. The van der Waals surface area contributed by atoms with E-state index in [1.165, 1.54) is 60.4 Å². The van der Waals surface area contributed by atoms with Gasteiger partial charge in [-0.3, -0.25) is 14.5 Å². The molecule has 212 valence electrons. The number of nitrogens with zero attached hydrogens (tertiary/aromatic N) is 4. The molecule has 2 saturated heterocycles. The van der Waals surface area contributed by atoms with Crippen LogP contribution in [-0.2, 0) is 22.6 Å². The van der Waals surface area contributed by atoms with Crippen molar-refractivity contribution in [1.29, 1.82) is 0 Å². The lowest BCUT2D eigenvalue weighted by molar-refractivity contribution is -0.129. The zero-order valence-corrected chi connectivity index (χ0v) is 25.0. The van der Waals surface area contributed by atoms with E-state index >= 15 is 0 Å². The molecule has 2 unspecified atom stereocenters. The SMILES string of the molecule is CC(=O)N1CCc2c(nc(C)n2C2CC3CCC(C2)N3CC[C@H](CC(=O)C2CCCCC2)c2ccc(C)s2)C1. The number of Topliss-reactive ketones (excluding diaryl/α,β-unsaturated/α-hetero) is 1. The lowest BCUT2D eigenvalue weighted by Crippen LogP contribution is -2.44. The Morgan fingerprint density at radius 3 is 2.44 bits per heavy atom. The minimum atomic E-state index is 0.149. The fourth-order valence-corrected chi connectivity index (χ4v) is 9.28. The first-order valence-corrected chi connectivity index (χ1v) is 16.4. The number of hydrogen-bond donors (Lipinski definition) is 0. The Bertz CT molecular complexity index is 1180. The average Bonchev–Trinajstić information content (AvgIpc) is 3.58. The Balaban J connectivity index is 1.12. The number of carbonyl (C=O) groups is 2. The molecule has 0 aromatic carbocycles. The summed E-state index contributed by atoms with van der Waals surface area (Å²) in [6, 6.07) is 6.29. The maximum Gasteiger partial charge on any atom is 0.219 e. The van der Waals surface area contributed by atoms with Gasteiger partial charge >= 0.3 is 0 Å². The average molecular weight is 551 g/mol. The molecule has 4 aliphatic rings. The lowest BCUT2D eigenvalue weighted by atomic mass is 9.82. The van der Waals surface area contributed by atoms with Gasteiger partial charge in [-0.15, -0.1) is 11.3 Å². The summed E-state index contributed by atoms with van der Waals surface area (Å²) in [4.78, 5) is 37.7. The van der Waals surface area contributed by atoms with Crippen LogP contribution in [0.1, 0.15) is 116 Å². The zero-order chi connectivity index (χ0) is 27.1. The lowest BCUT2D eigenvalue weighted by Gasteiger charge is -2.41. The summed E-state index contributed by atoms with van der Waals surface area (Å²) in [7, 11) is 0. The number of ketones is 1. The highest BCUT2D eigenvalue weighted by Gasteiger charge is 2.42. The predicted octanol–water partition coefficient (Wildman–Crippen LogP) is 6.35. The van der Waals surface area contributed by atoms with E-state index in [0.29, 0.717) is 42.3 Å². The van der Waals surface area contributed by atoms with Gasteiger partial charge in [0.1, 0.15) is 11.6 Å². The standard InChI is InChI=1S/C32H46N4O2S/c1-21-9-12-32(39-21)25(17-31(38)24-7-5-4-6-8-24)13-16-35-26-10-11-27(35)19-28(18-26)36-22(2)33-29-20-34(23(3)37)15-14-30(29)36/h9,12,24-28H,4-8,10-11,13-20H2,1-3H3/t25-,26?,27?,28?/m1/s1. The minimum absolute atomic E-state index is 0.149. The molecule has 6 rings (SSSR count). The molecule has 1 aliphatic carbocycles. The quantitative estimate of drug-likeness (QED) is 0.384. The van der Waals surface area contributed by atoms with Crippen molar-refractivity contribution >= 4 is 23.0 Å². The van der Waals surface area contributed by atoms with Crippen LogP contribution in [0.25, 0.3) is 0 Å². The third-order valence-corrected chi connectivity index (χ3v) is 11.5. The number of aromatic nitrogens is 2. The van der Waals surface area contributed by atoms with Gasteiger partial charge in [0.2, 0.25) is 5.91 Å². The second kappa shape index (κ2) is 11.5. The van der Waals surface area contributed by atoms with Crippen LogP contribution in [0.15, 0.2) is 12.1 Å². The van der Waals surface area contributed by atoms with Gasteiger partial charge in [0.05, 0.1) is 12.2 Å². The number of rotatable bonds is 8. The Kier molecular flexibility index (Phi) is 8.00. The number of amides is 1. The molecule has 0 N–H and O–H groups in total. The van der Waals surface area contributed by atoms with E-state index in [2.05, 4.69) is 35.4 Å². The number of fused-ring (bicyclic) bond motifs is 3. The van der Waals surface area contributed by atoms with E-state index in [1.54, 1.807) is 6.92 Å². The van der Waals surface area contributed by atoms with Crippen molar-refractivity contribution in [1.82, 2.24) is 19.4 Å². The van der Waals surface area contributed by atoms with Gasteiger partial charge < -0.3 is 9.47 Å².